The van der Waals surface area contributed by atoms with Crippen LogP contribution in [0.3, 0.4) is 0 Å². The number of nitrogens with zero attached hydrogens (tertiary/aromatic N) is 3. The number of aromatic nitrogens is 3. The highest BCUT2D eigenvalue weighted by molar-refractivity contribution is 7.17. The van der Waals surface area contributed by atoms with Gasteiger partial charge in [-0.3, -0.25) is 14.0 Å². The quantitative estimate of drug-likeness (QED) is 0.508. The van der Waals surface area contributed by atoms with Crippen LogP contribution in [-0.4, -0.2) is 44.8 Å². The molecule has 0 bridgehead atoms. The standard InChI is InChI=1S/C19H24N6O2S2/c1-3-20-17-23-13(11-28-17)15(26)24-19(5-4-6-19)7-8-21-16(27)14-9-22-18-25(14)10-12(2)29-18/h9-11H,3-8H2,1-2H3,(H,20,23)(H,21,27)(H,24,26). The van der Waals surface area contributed by atoms with Crippen molar-refractivity contribution in [1.82, 2.24) is 25.0 Å². The molecule has 2 amide bonds. The van der Waals surface area contributed by atoms with Crippen LogP contribution in [0, 0.1) is 6.92 Å². The van der Waals surface area contributed by atoms with E-state index in [-0.39, 0.29) is 17.4 Å². The minimum Gasteiger partial charge on any atom is -0.362 e. The molecular formula is C19H24N6O2S2. The van der Waals surface area contributed by atoms with Crippen LogP contribution in [-0.2, 0) is 0 Å². The fourth-order valence-electron chi connectivity index (χ4n) is 3.53. The largest absolute Gasteiger partial charge is 0.362 e. The molecule has 3 heterocycles. The van der Waals surface area contributed by atoms with Crippen molar-refractivity contribution in [3.8, 4) is 0 Å². The van der Waals surface area contributed by atoms with E-state index in [0.717, 1.165) is 40.8 Å². The minimum atomic E-state index is -0.266. The zero-order valence-electron chi connectivity index (χ0n) is 16.4. The fourth-order valence-corrected chi connectivity index (χ4v) is 5.09. The Hall–Kier alpha value is -2.46. The van der Waals surface area contributed by atoms with Crippen molar-refractivity contribution in [1.29, 1.82) is 0 Å². The van der Waals surface area contributed by atoms with Crippen LogP contribution in [0.4, 0.5) is 5.13 Å². The average Bonchev–Trinajstić information content (AvgIpc) is 3.35. The molecule has 3 N–H and O–H groups in total. The number of amides is 2. The van der Waals surface area contributed by atoms with Gasteiger partial charge in [0.15, 0.2) is 10.1 Å². The number of anilines is 1. The lowest BCUT2D eigenvalue weighted by Gasteiger charge is -2.42. The summed E-state index contributed by atoms with van der Waals surface area (Å²) in [7, 11) is 0. The van der Waals surface area contributed by atoms with E-state index in [2.05, 4.69) is 25.9 Å². The fraction of sp³-hybridized carbons (Fsp3) is 0.474. The van der Waals surface area contributed by atoms with Gasteiger partial charge in [-0.2, -0.15) is 0 Å². The van der Waals surface area contributed by atoms with Gasteiger partial charge in [-0.15, -0.1) is 22.7 Å². The van der Waals surface area contributed by atoms with Gasteiger partial charge >= 0.3 is 0 Å². The Balaban J connectivity index is 1.33. The lowest BCUT2D eigenvalue weighted by molar-refractivity contribution is 0.0803. The SMILES string of the molecule is CCNc1nc(C(=O)NC2(CCNC(=O)c3cnc4sc(C)cn34)CCC2)cs1. The number of fused-ring (bicyclic) bond motifs is 1. The highest BCUT2D eigenvalue weighted by Crippen LogP contribution is 2.35. The first kappa shape index (κ1) is 19.8. The van der Waals surface area contributed by atoms with Gasteiger partial charge in [0.05, 0.1) is 6.20 Å². The van der Waals surface area contributed by atoms with E-state index >= 15 is 0 Å². The number of hydrogen-bond donors (Lipinski definition) is 3. The molecule has 3 aromatic heterocycles. The second-order valence-electron chi connectivity index (χ2n) is 7.30. The summed E-state index contributed by atoms with van der Waals surface area (Å²) in [6, 6.07) is 0. The van der Waals surface area contributed by atoms with E-state index in [1.54, 1.807) is 22.9 Å². The number of imidazole rings is 1. The molecule has 1 aliphatic carbocycles. The first-order valence-corrected chi connectivity index (χ1v) is 11.4. The van der Waals surface area contributed by atoms with Crippen LogP contribution in [0.2, 0.25) is 0 Å². The lowest BCUT2D eigenvalue weighted by Crippen LogP contribution is -2.55. The van der Waals surface area contributed by atoms with Crippen molar-refractivity contribution in [3.05, 3.63) is 34.0 Å². The molecule has 1 aliphatic rings. The van der Waals surface area contributed by atoms with E-state index in [0.29, 0.717) is 24.4 Å². The van der Waals surface area contributed by atoms with E-state index in [1.165, 1.54) is 11.3 Å². The molecule has 8 nitrogen and oxygen atoms in total. The van der Waals surface area contributed by atoms with Crippen molar-refractivity contribution < 1.29 is 9.59 Å². The van der Waals surface area contributed by atoms with Gasteiger partial charge in [-0.1, -0.05) is 0 Å². The van der Waals surface area contributed by atoms with Crippen molar-refractivity contribution in [2.45, 2.75) is 45.1 Å². The van der Waals surface area contributed by atoms with Gasteiger partial charge in [0, 0.05) is 35.1 Å². The van der Waals surface area contributed by atoms with Crippen LogP contribution in [0.15, 0.2) is 17.8 Å². The summed E-state index contributed by atoms with van der Waals surface area (Å²) < 4.78 is 1.82. The molecule has 154 valence electrons. The first-order valence-electron chi connectivity index (χ1n) is 9.73. The Morgan fingerprint density at radius 3 is 2.86 bits per heavy atom. The Bertz CT molecular complexity index is 1030. The number of carbonyl (C=O) groups is 2. The zero-order chi connectivity index (χ0) is 20.4. The maximum atomic E-state index is 12.6. The highest BCUT2D eigenvalue weighted by atomic mass is 32.1. The van der Waals surface area contributed by atoms with Crippen molar-refractivity contribution in [2.24, 2.45) is 0 Å². The summed E-state index contributed by atoms with van der Waals surface area (Å²) in [6.07, 6.45) is 7.13. The maximum Gasteiger partial charge on any atom is 0.271 e. The molecule has 0 aliphatic heterocycles. The Labute approximate surface area is 176 Å². The van der Waals surface area contributed by atoms with Crippen LogP contribution in [0.1, 0.15) is 58.5 Å². The smallest absolute Gasteiger partial charge is 0.271 e. The third-order valence-corrected chi connectivity index (χ3v) is 6.91. The van der Waals surface area contributed by atoms with Gasteiger partial charge in [0.1, 0.15) is 11.4 Å². The first-order chi connectivity index (χ1) is 14.0. The number of hydrogen-bond acceptors (Lipinski definition) is 7. The van der Waals surface area contributed by atoms with E-state index in [9.17, 15) is 9.59 Å². The Morgan fingerprint density at radius 1 is 1.31 bits per heavy atom. The molecule has 1 saturated carbocycles. The van der Waals surface area contributed by atoms with Gasteiger partial charge in [-0.05, 0) is 39.5 Å². The van der Waals surface area contributed by atoms with Crippen LogP contribution in [0.25, 0.3) is 4.96 Å². The molecule has 0 aromatic carbocycles. The molecule has 1 fully saturated rings. The lowest BCUT2D eigenvalue weighted by atomic mass is 9.74. The summed E-state index contributed by atoms with van der Waals surface area (Å²) in [5.74, 6) is -0.298. The second-order valence-corrected chi connectivity index (χ2v) is 9.37. The summed E-state index contributed by atoms with van der Waals surface area (Å²) in [5.41, 5.74) is 0.711. The van der Waals surface area contributed by atoms with E-state index in [1.807, 2.05) is 24.4 Å². The molecule has 4 rings (SSSR count). The maximum absolute atomic E-state index is 12.6. The van der Waals surface area contributed by atoms with Crippen LogP contribution >= 0.6 is 22.7 Å². The minimum absolute atomic E-state index is 0.147. The zero-order valence-corrected chi connectivity index (χ0v) is 18.1. The van der Waals surface area contributed by atoms with E-state index in [4.69, 9.17) is 0 Å². The van der Waals surface area contributed by atoms with Gasteiger partial charge in [-0.25, -0.2) is 9.97 Å². The van der Waals surface area contributed by atoms with Crippen LogP contribution in [0.5, 0.6) is 0 Å². The molecule has 0 saturated heterocycles. The van der Waals surface area contributed by atoms with Crippen molar-refractivity contribution in [2.75, 3.05) is 18.4 Å². The second kappa shape index (κ2) is 8.11. The number of carbonyl (C=O) groups excluding carboxylic acids is 2. The van der Waals surface area contributed by atoms with Crippen LogP contribution < -0.4 is 16.0 Å². The number of nitrogens with one attached hydrogen (secondary N) is 3. The average molecular weight is 433 g/mol. The number of thiazole rings is 2. The predicted octanol–water partition coefficient (Wildman–Crippen LogP) is 3.07. The monoisotopic (exact) mass is 432 g/mol. The number of aryl methyl sites for hydroxylation is 1. The molecule has 3 aromatic rings. The highest BCUT2D eigenvalue weighted by Gasteiger charge is 2.38. The van der Waals surface area contributed by atoms with Crippen molar-refractivity contribution >= 4 is 44.6 Å². The summed E-state index contributed by atoms with van der Waals surface area (Å²) in [6.45, 7) is 5.25. The summed E-state index contributed by atoms with van der Waals surface area (Å²) >= 11 is 2.98. The molecule has 0 spiro atoms. The topological polar surface area (TPSA) is 100 Å². The summed E-state index contributed by atoms with van der Waals surface area (Å²) in [5, 5.41) is 11.8. The molecule has 0 unspecified atom stereocenters. The molecular weight excluding hydrogens is 408 g/mol. The Morgan fingerprint density at radius 2 is 2.14 bits per heavy atom. The van der Waals surface area contributed by atoms with E-state index < -0.39 is 0 Å². The van der Waals surface area contributed by atoms with Gasteiger partial charge in [0.2, 0.25) is 0 Å². The molecule has 0 radical (unpaired) electrons. The van der Waals surface area contributed by atoms with Gasteiger partial charge < -0.3 is 16.0 Å². The third-order valence-electron chi connectivity index (χ3n) is 5.20. The summed E-state index contributed by atoms with van der Waals surface area (Å²) in [4.78, 5) is 35.7. The van der Waals surface area contributed by atoms with Crippen molar-refractivity contribution in [3.63, 3.8) is 0 Å². The normalized spacial score (nSPS) is 15.1. The third kappa shape index (κ3) is 4.13. The van der Waals surface area contributed by atoms with Gasteiger partial charge in [0.25, 0.3) is 11.8 Å². The molecule has 29 heavy (non-hydrogen) atoms. The predicted molar refractivity (Wildman–Crippen MR) is 115 cm³/mol. The molecule has 0 atom stereocenters. The molecule has 10 heteroatoms. The Kier molecular flexibility index (Phi) is 5.55. The number of rotatable bonds is 8.